The van der Waals surface area contributed by atoms with E-state index in [0.29, 0.717) is 19.3 Å². The topological polar surface area (TPSA) is 84.2 Å². The number of carbonyl (C=O) groups excluding carboxylic acids is 2. The first-order valence-corrected chi connectivity index (χ1v) is 7.81. The van der Waals surface area contributed by atoms with E-state index in [-0.39, 0.29) is 5.91 Å². The Hall–Kier alpha value is -1.41. The maximum absolute atomic E-state index is 12.0. The van der Waals surface area contributed by atoms with Crippen LogP contribution in [0.15, 0.2) is 42.6 Å². The molecule has 0 heterocycles. The molecule has 1 aromatic rings. The van der Waals surface area contributed by atoms with Crippen molar-refractivity contribution in [1.82, 2.24) is 8.85 Å². The van der Waals surface area contributed by atoms with Gasteiger partial charge in [0, 0.05) is 6.20 Å². The van der Waals surface area contributed by atoms with Gasteiger partial charge in [0.1, 0.15) is 6.29 Å². The lowest BCUT2D eigenvalue weighted by Crippen LogP contribution is -2.47. The minimum atomic E-state index is -0.651. The van der Waals surface area contributed by atoms with Crippen molar-refractivity contribution >= 4 is 35.1 Å². The molecule has 4 N–H and O–H groups in total. The highest BCUT2D eigenvalue weighted by Gasteiger charge is 2.17. The highest BCUT2D eigenvalue weighted by atomic mass is 127. The summed E-state index contributed by atoms with van der Waals surface area (Å²) in [6.45, 7) is 0. The lowest BCUT2D eigenvalue weighted by Gasteiger charge is -2.16. The highest BCUT2D eigenvalue weighted by Crippen LogP contribution is 2.03. The SMILES string of the molecule is NC(Cc1ccccc1)C(=O)NC(C=O)CC/C=C/NI. The fourth-order valence-corrected chi connectivity index (χ4v) is 2.08. The van der Waals surface area contributed by atoms with Crippen LogP contribution in [0.4, 0.5) is 0 Å². The molecule has 2 unspecified atom stereocenters. The van der Waals surface area contributed by atoms with Gasteiger partial charge in [0.25, 0.3) is 0 Å². The van der Waals surface area contributed by atoms with Crippen LogP contribution in [-0.2, 0) is 16.0 Å². The monoisotopic (exact) mass is 401 g/mol. The molecule has 1 aromatic carbocycles. The van der Waals surface area contributed by atoms with Gasteiger partial charge >= 0.3 is 0 Å². The van der Waals surface area contributed by atoms with Crippen molar-refractivity contribution in [3.8, 4) is 0 Å². The maximum atomic E-state index is 12.0. The number of aldehydes is 1. The molecule has 0 saturated carbocycles. The Morgan fingerprint density at radius 1 is 1.33 bits per heavy atom. The minimum absolute atomic E-state index is 0.299. The largest absolute Gasteiger partial charge is 0.345 e. The first-order chi connectivity index (χ1) is 10.2. The third-order valence-corrected chi connectivity index (χ3v) is 3.31. The lowest BCUT2D eigenvalue weighted by molar-refractivity contribution is -0.125. The van der Waals surface area contributed by atoms with Crippen molar-refractivity contribution in [3.63, 3.8) is 0 Å². The predicted molar refractivity (Wildman–Crippen MR) is 91.6 cm³/mol. The molecule has 114 valence electrons. The summed E-state index contributed by atoms with van der Waals surface area (Å²) in [5.41, 5.74) is 6.87. The van der Waals surface area contributed by atoms with Gasteiger partial charge in [-0.1, -0.05) is 36.4 Å². The number of allylic oxidation sites excluding steroid dienone is 1. The Kier molecular flexibility index (Phi) is 8.68. The van der Waals surface area contributed by atoms with Crippen LogP contribution in [-0.4, -0.2) is 24.3 Å². The van der Waals surface area contributed by atoms with Gasteiger partial charge < -0.3 is 19.4 Å². The zero-order valence-corrected chi connectivity index (χ0v) is 13.8. The number of hydrogen-bond acceptors (Lipinski definition) is 4. The fraction of sp³-hybridized carbons (Fsp3) is 0.333. The Morgan fingerprint density at radius 2 is 2.05 bits per heavy atom. The molecule has 0 aromatic heterocycles. The average Bonchev–Trinajstić information content (AvgIpc) is 2.51. The van der Waals surface area contributed by atoms with Gasteiger partial charge in [-0.2, -0.15) is 0 Å². The second-order valence-corrected chi connectivity index (χ2v) is 5.26. The van der Waals surface area contributed by atoms with Crippen LogP contribution >= 0.6 is 22.9 Å². The number of benzene rings is 1. The van der Waals surface area contributed by atoms with Gasteiger partial charge in [0.05, 0.1) is 34.9 Å². The Bertz CT molecular complexity index is 465. The summed E-state index contributed by atoms with van der Waals surface area (Å²) in [5, 5.41) is 2.68. The molecular formula is C15H20IN3O2. The van der Waals surface area contributed by atoms with Gasteiger partial charge in [0.2, 0.25) is 5.91 Å². The Balaban J connectivity index is 2.42. The summed E-state index contributed by atoms with van der Waals surface area (Å²) in [7, 11) is 0. The van der Waals surface area contributed by atoms with E-state index in [1.807, 2.05) is 59.3 Å². The third kappa shape index (κ3) is 7.24. The van der Waals surface area contributed by atoms with Crippen molar-refractivity contribution in [2.75, 3.05) is 0 Å². The van der Waals surface area contributed by atoms with Crippen LogP contribution in [0.2, 0.25) is 0 Å². The Morgan fingerprint density at radius 3 is 2.67 bits per heavy atom. The fourth-order valence-electron chi connectivity index (χ4n) is 1.83. The quantitative estimate of drug-likeness (QED) is 0.333. The molecule has 0 fully saturated rings. The minimum Gasteiger partial charge on any atom is -0.345 e. The number of hydrogen-bond donors (Lipinski definition) is 3. The molecule has 6 heteroatoms. The molecule has 0 spiro atoms. The van der Waals surface area contributed by atoms with Crippen LogP contribution < -0.4 is 14.6 Å². The van der Waals surface area contributed by atoms with Crippen molar-refractivity contribution < 1.29 is 9.59 Å². The number of halogens is 1. The predicted octanol–water partition coefficient (Wildman–Crippen LogP) is 1.47. The van der Waals surface area contributed by atoms with E-state index in [2.05, 4.69) is 8.85 Å². The van der Waals surface area contributed by atoms with Crippen molar-refractivity contribution in [2.45, 2.75) is 31.3 Å². The first-order valence-electron chi connectivity index (χ1n) is 6.73. The van der Waals surface area contributed by atoms with E-state index in [1.165, 1.54) is 0 Å². The summed E-state index contributed by atoms with van der Waals surface area (Å²) in [4.78, 5) is 23.0. The summed E-state index contributed by atoms with van der Waals surface area (Å²) in [5.74, 6) is -0.299. The van der Waals surface area contributed by atoms with Gasteiger partial charge in [-0.15, -0.1) is 0 Å². The van der Waals surface area contributed by atoms with E-state index in [9.17, 15) is 9.59 Å². The number of nitrogens with two attached hydrogens (primary N) is 1. The van der Waals surface area contributed by atoms with Crippen molar-refractivity contribution in [3.05, 3.63) is 48.2 Å². The smallest absolute Gasteiger partial charge is 0.237 e. The number of amides is 1. The molecule has 0 aliphatic heterocycles. The van der Waals surface area contributed by atoms with E-state index in [1.54, 1.807) is 6.20 Å². The van der Waals surface area contributed by atoms with Gasteiger partial charge in [-0.25, -0.2) is 0 Å². The van der Waals surface area contributed by atoms with Gasteiger partial charge in [-0.05, 0) is 24.8 Å². The zero-order valence-electron chi connectivity index (χ0n) is 11.7. The van der Waals surface area contributed by atoms with E-state index in [4.69, 9.17) is 5.73 Å². The molecule has 0 aliphatic carbocycles. The van der Waals surface area contributed by atoms with Crippen LogP contribution in [0, 0.1) is 0 Å². The van der Waals surface area contributed by atoms with E-state index >= 15 is 0 Å². The average molecular weight is 401 g/mol. The molecule has 0 saturated heterocycles. The molecule has 1 amide bonds. The van der Waals surface area contributed by atoms with Crippen LogP contribution in [0.25, 0.3) is 0 Å². The number of carbonyl (C=O) groups is 2. The zero-order chi connectivity index (χ0) is 15.5. The number of nitrogens with one attached hydrogen (secondary N) is 2. The molecule has 0 bridgehead atoms. The van der Waals surface area contributed by atoms with E-state index in [0.717, 1.165) is 11.8 Å². The number of rotatable bonds is 9. The standard InChI is InChI=1S/C15H20IN3O2/c16-18-9-5-4-8-13(11-20)19-15(21)14(17)10-12-6-2-1-3-7-12/h1-3,5-7,9,11,13-14,18H,4,8,10,17H2,(H,19,21)/b9-5+. The van der Waals surface area contributed by atoms with Crippen LogP contribution in [0.3, 0.4) is 0 Å². The summed E-state index contributed by atoms with van der Waals surface area (Å²) in [6, 6.07) is 8.41. The molecule has 0 aliphatic rings. The Labute approximate surface area is 138 Å². The van der Waals surface area contributed by atoms with Crippen molar-refractivity contribution in [1.29, 1.82) is 0 Å². The van der Waals surface area contributed by atoms with Crippen LogP contribution in [0.5, 0.6) is 0 Å². The molecule has 0 radical (unpaired) electrons. The summed E-state index contributed by atoms with van der Waals surface area (Å²) < 4.78 is 2.84. The van der Waals surface area contributed by atoms with Crippen molar-refractivity contribution in [2.24, 2.45) is 5.73 Å². The molecule has 5 nitrogen and oxygen atoms in total. The van der Waals surface area contributed by atoms with Gasteiger partial charge in [-0.3, -0.25) is 4.79 Å². The molecular weight excluding hydrogens is 381 g/mol. The summed E-state index contributed by atoms with van der Waals surface area (Å²) >= 11 is 2.00. The van der Waals surface area contributed by atoms with Crippen LogP contribution in [0.1, 0.15) is 18.4 Å². The van der Waals surface area contributed by atoms with E-state index < -0.39 is 12.1 Å². The maximum Gasteiger partial charge on any atom is 0.237 e. The van der Waals surface area contributed by atoms with Gasteiger partial charge in [0.15, 0.2) is 0 Å². The molecule has 2 atom stereocenters. The first kappa shape index (κ1) is 17.6. The normalized spacial score (nSPS) is 13.6. The highest BCUT2D eigenvalue weighted by molar-refractivity contribution is 14.1. The third-order valence-electron chi connectivity index (χ3n) is 2.95. The second-order valence-electron chi connectivity index (χ2n) is 4.64. The molecule has 21 heavy (non-hydrogen) atoms. The summed E-state index contributed by atoms with van der Waals surface area (Å²) in [6.07, 6.45) is 6.15. The lowest BCUT2D eigenvalue weighted by atomic mass is 10.1. The molecule has 1 rings (SSSR count). The second kappa shape index (κ2) is 10.3.